The van der Waals surface area contributed by atoms with E-state index in [1.165, 1.54) is 12.1 Å². The van der Waals surface area contributed by atoms with Crippen molar-refractivity contribution in [2.24, 2.45) is 5.11 Å². The zero-order valence-electron chi connectivity index (χ0n) is 8.34. The quantitative estimate of drug-likeness (QED) is 0.501. The molecule has 0 amide bonds. The summed E-state index contributed by atoms with van der Waals surface area (Å²) < 4.78 is 0. The van der Waals surface area contributed by atoms with Gasteiger partial charge in [-0.15, -0.1) is 0 Å². The van der Waals surface area contributed by atoms with Crippen molar-refractivity contribution in [2.75, 3.05) is 0 Å². The fourth-order valence-corrected chi connectivity index (χ4v) is 1.73. The van der Waals surface area contributed by atoms with E-state index in [1.54, 1.807) is 0 Å². The Hall–Kier alpha value is -1.62. The van der Waals surface area contributed by atoms with E-state index in [1.807, 2.05) is 0 Å². The van der Waals surface area contributed by atoms with Crippen LogP contribution in [0.4, 0.5) is 0 Å². The number of carbonyl (C=O) groups is 1. The van der Waals surface area contributed by atoms with Crippen LogP contribution >= 0.6 is 23.2 Å². The summed E-state index contributed by atoms with van der Waals surface area (Å²) in [5.41, 5.74) is 8.68. The van der Waals surface area contributed by atoms with E-state index in [4.69, 9.17) is 33.8 Å². The van der Waals surface area contributed by atoms with E-state index in [2.05, 4.69) is 10.0 Å². The van der Waals surface area contributed by atoms with Gasteiger partial charge in [-0.05, 0) is 29.6 Å². The predicted molar refractivity (Wildman–Crippen MR) is 62.4 cm³/mol. The van der Waals surface area contributed by atoms with E-state index in [-0.39, 0.29) is 22.2 Å². The van der Waals surface area contributed by atoms with Gasteiger partial charge < -0.3 is 10.2 Å². The summed E-state index contributed by atoms with van der Waals surface area (Å²) in [5, 5.41) is 21.3. The standard InChI is InChI=1S/C9H7Cl2N3O3/c10-5-1-4(2-6(11)8(5)15)3-7(9(16)17)13-14-12/h1-2,7,15H,3H2,(H,16,17)/t7-/m1/s1. The maximum Gasteiger partial charge on any atom is 0.312 e. The number of hydrogen-bond donors (Lipinski definition) is 2. The summed E-state index contributed by atoms with van der Waals surface area (Å²) >= 11 is 11.3. The Labute approximate surface area is 106 Å². The number of carboxylic acids is 1. The molecular weight excluding hydrogens is 269 g/mol. The molecule has 0 aromatic heterocycles. The van der Waals surface area contributed by atoms with Crippen LogP contribution in [0.25, 0.3) is 10.4 Å². The molecule has 0 spiro atoms. The van der Waals surface area contributed by atoms with Crippen molar-refractivity contribution in [1.82, 2.24) is 0 Å². The van der Waals surface area contributed by atoms with Crippen molar-refractivity contribution < 1.29 is 15.0 Å². The summed E-state index contributed by atoms with van der Waals surface area (Å²) in [5.74, 6) is -1.52. The molecule has 0 aliphatic heterocycles. The van der Waals surface area contributed by atoms with E-state index in [9.17, 15) is 9.90 Å². The van der Waals surface area contributed by atoms with Gasteiger partial charge in [0.25, 0.3) is 0 Å². The summed E-state index contributed by atoms with van der Waals surface area (Å²) in [6, 6.07) is 1.49. The van der Waals surface area contributed by atoms with Crippen molar-refractivity contribution >= 4 is 29.2 Å². The Balaban J connectivity index is 3.02. The molecule has 2 N–H and O–H groups in total. The van der Waals surface area contributed by atoms with Gasteiger partial charge in [0.2, 0.25) is 0 Å². The maximum absolute atomic E-state index is 10.8. The van der Waals surface area contributed by atoms with E-state index in [0.717, 1.165) is 0 Å². The number of aliphatic carboxylic acids is 1. The first kappa shape index (κ1) is 13.4. The van der Waals surface area contributed by atoms with Crippen molar-refractivity contribution in [3.8, 4) is 5.75 Å². The predicted octanol–water partition coefficient (Wildman–Crippen LogP) is 3.01. The lowest BCUT2D eigenvalue weighted by atomic mass is 10.1. The SMILES string of the molecule is [N-]=[N+]=N[C@H](Cc1cc(Cl)c(O)c(Cl)c1)C(=O)O. The second-order valence-corrected chi connectivity index (χ2v) is 3.99. The van der Waals surface area contributed by atoms with Crippen molar-refractivity contribution in [3.63, 3.8) is 0 Å². The molecule has 1 aromatic carbocycles. The van der Waals surface area contributed by atoms with Crippen LogP contribution in [0, 0.1) is 0 Å². The second-order valence-electron chi connectivity index (χ2n) is 3.17. The van der Waals surface area contributed by atoms with Gasteiger partial charge in [-0.1, -0.05) is 28.3 Å². The van der Waals surface area contributed by atoms with Crippen LogP contribution in [0.1, 0.15) is 5.56 Å². The first-order chi connectivity index (χ1) is 7.95. The zero-order valence-corrected chi connectivity index (χ0v) is 9.85. The van der Waals surface area contributed by atoms with Gasteiger partial charge >= 0.3 is 5.97 Å². The Kier molecular flexibility index (Phi) is 4.45. The largest absolute Gasteiger partial charge is 0.505 e. The van der Waals surface area contributed by atoms with Crippen LogP contribution in [-0.2, 0) is 11.2 Å². The molecule has 0 radical (unpaired) electrons. The Morgan fingerprint density at radius 2 is 2.00 bits per heavy atom. The molecule has 0 saturated heterocycles. The Bertz CT molecular complexity index is 475. The third-order valence-corrected chi connectivity index (χ3v) is 2.56. The van der Waals surface area contributed by atoms with Gasteiger partial charge in [-0.25, -0.2) is 0 Å². The maximum atomic E-state index is 10.8. The summed E-state index contributed by atoms with van der Waals surface area (Å²) in [4.78, 5) is 13.2. The van der Waals surface area contributed by atoms with Gasteiger partial charge in [0, 0.05) is 4.91 Å². The van der Waals surface area contributed by atoms with Gasteiger partial charge in [-0.3, -0.25) is 4.79 Å². The molecule has 17 heavy (non-hydrogen) atoms. The van der Waals surface area contributed by atoms with Crippen LogP contribution < -0.4 is 0 Å². The Morgan fingerprint density at radius 1 is 1.47 bits per heavy atom. The minimum Gasteiger partial charge on any atom is -0.505 e. The average Bonchev–Trinajstić information content (AvgIpc) is 2.25. The van der Waals surface area contributed by atoms with Crippen LogP contribution in [0.2, 0.25) is 10.0 Å². The molecular formula is C9H7Cl2N3O3. The summed E-state index contributed by atoms with van der Waals surface area (Å²) in [6.45, 7) is 0. The number of halogens is 2. The van der Waals surface area contributed by atoms with Crippen molar-refractivity contribution in [2.45, 2.75) is 12.5 Å². The van der Waals surface area contributed by atoms with Crippen LogP contribution in [-0.4, -0.2) is 22.2 Å². The number of benzene rings is 1. The number of hydrogen-bond acceptors (Lipinski definition) is 3. The normalized spacial score (nSPS) is 11.6. The molecule has 8 heteroatoms. The fraction of sp³-hybridized carbons (Fsp3) is 0.222. The molecule has 0 unspecified atom stereocenters. The van der Waals surface area contributed by atoms with Crippen LogP contribution in [0.5, 0.6) is 5.75 Å². The number of aromatic hydroxyl groups is 1. The molecule has 1 atom stereocenters. The Morgan fingerprint density at radius 3 is 2.41 bits per heavy atom. The molecule has 0 fully saturated rings. The molecule has 0 bridgehead atoms. The van der Waals surface area contributed by atoms with Crippen molar-refractivity contribution in [3.05, 3.63) is 38.2 Å². The third-order valence-electron chi connectivity index (χ3n) is 1.98. The van der Waals surface area contributed by atoms with Gasteiger partial charge in [0.05, 0.1) is 10.0 Å². The molecule has 6 nitrogen and oxygen atoms in total. The monoisotopic (exact) mass is 275 g/mol. The summed E-state index contributed by atoms with van der Waals surface area (Å²) in [7, 11) is 0. The highest BCUT2D eigenvalue weighted by molar-refractivity contribution is 6.37. The number of carboxylic acid groups (broad SMARTS) is 1. The average molecular weight is 276 g/mol. The van der Waals surface area contributed by atoms with E-state index < -0.39 is 12.0 Å². The number of rotatable bonds is 4. The summed E-state index contributed by atoms with van der Waals surface area (Å²) in [6.07, 6.45) is -0.0564. The van der Waals surface area contributed by atoms with Crippen molar-refractivity contribution in [1.29, 1.82) is 0 Å². The number of azide groups is 1. The van der Waals surface area contributed by atoms with Gasteiger partial charge in [0.1, 0.15) is 6.04 Å². The molecule has 0 aliphatic rings. The number of nitrogens with zero attached hydrogens (tertiary/aromatic N) is 3. The lowest BCUT2D eigenvalue weighted by Crippen LogP contribution is -2.19. The lowest BCUT2D eigenvalue weighted by Gasteiger charge is -2.08. The van der Waals surface area contributed by atoms with Crippen LogP contribution in [0.3, 0.4) is 0 Å². The van der Waals surface area contributed by atoms with E-state index >= 15 is 0 Å². The first-order valence-corrected chi connectivity index (χ1v) is 5.15. The zero-order chi connectivity index (χ0) is 13.0. The smallest absolute Gasteiger partial charge is 0.312 e. The molecule has 0 saturated carbocycles. The van der Waals surface area contributed by atoms with E-state index in [0.29, 0.717) is 5.56 Å². The topological polar surface area (TPSA) is 106 Å². The second kappa shape index (κ2) is 5.63. The molecule has 1 aromatic rings. The third kappa shape index (κ3) is 3.42. The lowest BCUT2D eigenvalue weighted by molar-refractivity contribution is -0.138. The molecule has 0 aliphatic carbocycles. The van der Waals surface area contributed by atoms with Gasteiger partial charge in [-0.2, -0.15) is 0 Å². The highest BCUT2D eigenvalue weighted by Crippen LogP contribution is 2.33. The minimum absolute atomic E-state index is 0.0116. The minimum atomic E-state index is -1.25. The van der Waals surface area contributed by atoms with Crippen LogP contribution in [0.15, 0.2) is 17.2 Å². The molecule has 1 rings (SSSR count). The molecule has 0 heterocycles. The van der Waals surface area contributed by atoms with Gasteiger partial charge in [0.15, 0.2) is 5.75 Å². The fourth-order valence-electron chi connectivity index (χ4n) is 1.20. The highest BCUT2D eigenvalue weighted by Gasteiger charge is 2.17. The highest BCUT2D eigenvalue weighted by atomic mass is 35.5. The number of phenols is 1. The first-order valence-electron chi connectivity index (χ1n) is 4.39. The molecule has 90 valence electrons. The number of phenolic OH excluding ortho intramolecular Hbond substituents is 1.